The van der Waals surface area contributed by atoms with E-state index in [0.29, 0.717) is 37.6 Å². The lowest BCUT2D eigenvalue weighted by Crippen LogP contribution is -2.48. The zero-order valence-electron chi connectivity index (χ0n) is 15.2. The van der Waals surface area contributed by atoms with Crippen molar-refractivity contribution in [2.45, 2.75) is 6.54 Å². The van der Waals surface area contributed by atoms with Crippen molar-refractivity contribution in [1.29, 1.82) is 0 Å². The lowest BCUT2D eigenvalue weighted by molar-refractivity contribution is 0.142. The Morgan fingerprint density at radius 2 is 1.64 bits per heavy atom. The van der Waals surface area contributed by atoms with Crippen molar-refractivity contribution in [1.82, 2.24) is 4.90 Å². The summed E-state index contributed by atoms with van der Waals surface area (Å²) >= 11 is 0. The smallest absolute Gasteiger partial charge is 0.407 e. The lowest BCUT2D eigenvalue weighted by Gasteiger charge is -2.38. The van der Waals surface area contributed by atoms with Gasteiger partial charge in [0.25, 0.3) is 10.0 Å². The van der Waals surface area contributed by atoms with Crippen molar-refractivity contribution in [3.05, 3.63) is 54.1 Å². The number of carboxylic acid groups (broad SMARTS) is 1. The second kappa shape index (κ2) is 7.23. The van der Waals surface area contributed by atoms with Gasteiger partial charge in [0.15, 0.2) is 5.75 Å². The molecule has 1 N–H and O–H groups in total. The van der Waals surface area contributed by atoms with Crippen LogP contribution in [0.25, 0.3) is 0 Å². The summed E-state index contributed by atoms with van der Waals surface area (Å²) < 4.78 is 32.4. The van der Waals surface area contributed by atoms with E-state index in [4.69, 9.17) is 9.84 Å². The molecule has 2 aliphatic heterocycles. The highest BCUT2D eigenvalue weighted by Gasteiger charge is 2.34. The van der Waals surface area contributed by atoms with E-state index in [1.54, 1.807) is 12.1 Å². The first-order valence-electron chi connectivity index (χ1n) is 8.99. The van der Waals surface area contributed by atoms with Crippen LogP contribution in [0.4, 0.5) is 16.2 Å². The summed E-state index contributed by atoms with van der Waals surface area (Å²) in [6, 6.07) is 14.8. The number of sulfonamides is 1. The zero-order valence-corrected chi connectivity index (χ0v) is 16.0. The summed E-state index contributed by atoms with van der Waals surface area (Å²) in [5.74, 6) is 0.107. The SMILES string of the molecule is O=C(O)N1CCN(c2cccc3c2OCS(=O)(=O)N3Cc2ccccc2)CC1. The van der Waals surface area contributed by atoms with Gasteiger partial charge in [-0.3, -0.25) is 4.31 Å². The Kier molecular flexibility index (Phi) is 4.76. The van der Waals surface area contributed by atoms with Gasteiger partial charge in [-0.15, -0.1) is 0 Å². The summed E-state index contributed by atoms with van der Waals surface area (Å²) in [5, 5.41) is 9.13. The van der Waals surface area contributed by atoms with Crippen LogP contribution in [0.1, 0.15) is 5.56 Å². The van der Waals surface area contributed by atoms with Crippen LogP contribution in [0, 0.1) is 0 Å². The number of piperazine rings is 1. The molecular formula is C19H21N3O5S. The van der Waals surface area contributed by atoms with Crippen LogP contribution < -0.4 is 13.9 Å². The second-order valence-electron chi connectivity index (χ2n) is 6.75. The molecule has 4 rings (SSSR count). The van der Waals surface area contributed by atoms with Crippen molar-refractivity contribution in [3.8, 4) is 5.75 Å². The highest BCUT2D eigenvalue weighted by atomic mass is 32.2. The molecule has 2 aromatic rings. The Labute approximate surface area is 163 Å². The van der Waals surface area contributed by atoms with Crippen LogP contribution in [0.15, 0.2) is 48.5 Å². The van der Waals surface area contributed by atoms with Gasteiger partial charge in [-0.1, -0.05) is 36.4 Å². The summed E-state index contributed by atoms with van der Waals surface area (Å²) in [6.45, 7) is 2.07. The Balaban J connectivity index is 1.65. The van der Waals surface area contributed by atoms with E-state index in [1.165, 1.54) is 9.21 Å². The normalized spacial score (nSPS) is 18.4. The van der Waals surface area contributed by atoms with Crippen LogP contribution in [0.5, 0.6) is 5.75 Å². The molecule has 9 heteroatoms. The van der Waals surface area contributed by atoms with Crippen LogP contribution in [0.2, 0.25) is 0 Å². The third-order valence-corrected chi connectivity index (χ3v) is 6.40. The molecule has 0 atom stereocenters. The Hall–Kier alpha value is -2.94. The molecule has 0 saturated carbocycles. The average Bonchev–Trinajstić information content (AvgIpc) is 2.70. The second-order valence-corrected chi connectivity index (χ2v) is 8.59. The first-order valence-corrected chi connectivity index (χ1v) is 10.6. The Morgan fingerprint density at radius 1 is 0.964 bits per heavy atom. The first-order chi connectivity index (χ1) is 13.5. The molecule has 2 aliphatic rings. The van der Waals surface area contributed by atoms with Gasteiger partial charge < -0.3 is 19.6 Å². The molecule has 0 aromatic heterocycles. The molecule has 2 aromatic carbocycles. The number of carbonyl (C=O) groups is 1. The monoisotopic (exact) mass is 403 g/mol. The van der Waals surface area contributed by atoms with Crippen LogP contribution in [0.3, 0.4) is 0 Å². The fourth-order valence-corrected chi connectivity index (χ4v) is 4.71. The van der Waals surface area contributed by atoms with Gasteiger partial charge in [0.05, 0.1) is 17.9 Å². The Bertz CT molecular complexity index is 972. The van der Waals surface area contributed by atoms with Gasteiger partial charge in [0.2, 0.25) is 5.94 Å². The van der Waals surface area contributed by atoms with Gasteiger partial charge in [-0.05, 0) is 17.7 Å². The summed E-state index contributed by atoms with van der Waals surface area (Å²) in [6.07, 6.45) is -0.925. The van der Waals surface area contributed by atoms with E-state index < -0.39 is 22.1 Å². The van der Waals surface area contributed by atoms with Gasteiger partial charge in [0, 0.05) is 26.2 Å². The van der Waals surface area contributed by atoms with Crippen molar-refractivity contribution < 1.29 is 23.1 Å². The molecule has 148 valence electrons. The summed E-state index contributed by atoms with van der Waals surface area (Å²) in [7, 11) is -3.60. The van der Waals surface area contributed by atoms with Crippen molar-refractivity contribution in [2.75, 3.05) is 41.3 Å². The van der Waals surface area contributed by atoms with Crippen molar-refractivity contribution in [2.24, 2.45) is 0 Å². The predicted octanol–water partition coefficient (Wildman–Crippen LogP) is 2.17. The maximum atomic E-state index is 12.7. The average molecular weight is 403 g/mol. The molecule has 0 spiro atoms. The van der Waals surface area contributed by atoms with Crippen LogP contribution in [-0.2, 0) is 16.6 Å². The highest BCUT2D eigenvalue weighted by molar-refractivity contribution is 7.92. The molecule has 0 bridgehead atoms. The molecule has 0 unspecified atom stereocenters. The van der Waals surface area contributed by atoms with Crippen LogP contribution >= 0.6 is 0 Å². The third-order valence-electron chi connectivity index (χ3n) is 4.99. The molecule has 1 fully saturated rings. The molecule has 0 aliphatic carbocycles. The van der Waals surface area contributed by atoms with Crippen molar-refractivity contribution in [3.63, 3.8) is 0 Å². The minimum atomic E-state index is -3.60. The van der Waals surface area contributed by atoms with E-state index in [0.717, 1.165) is 11.3 Å². The largest absolute Gasteiger partial charge is 0.471 e. The van der Waals surface area contributed by atoms with E-state index in [1.807, 2.05) is 41.3 Å². The van der Waals surface area contributed by atoms with E-state index in [9.17, 15) is 13.2 Å². The molecule has 1 amide bonds. The predicted molar refractivity (Wildman–Crippen MR) is 105 cm³/mol. The molecule has 1 saturated heterocycles. The maximum Gasteiger partial charge on any atom is 0.407 e. The Morgan fingerprint density at radius 3 is 2.32 bits per heavy atom. The molecule has 28 heavy (non-hydrogen) atoms. The molecular weight excluding hydrogens is 382 g/mol. The number of hydrogen-bond acceptors (Lipinski definition) is 5. The number of fused-ring (bicyclic) bond motifs is 1. The minimum absolute atomic E-state index is 0.232. The molecule has 2 heterocycles. The standard InChI is InChI=1S/C19H21N3O5S/c23-19(24)21-11-9-20(10-12-21)16-7-4-8-17-18(16)27-14-28(25,26)22(17)13-15-5-2-1-3-6-15/h1-8H,9-14H2,(H,23,24). The number of rotatable bonds is 3. The van der Waals surface area contributed by atoms with Crippen LogP contribution in [-0.4, -0.2) is 56.6 Å². The fourth-order valence-electron chi connectivity index (χ4n) is 3.52. The number of amides is 1. The number of hydrogen-bond donors (Lipinski definition) is 1. The number of nitrogens with zero attached hydrogens (tertiary/aromatic N) is 3. The lowest BCUT2D eigenvalue weighted by atomic mass is 10.2. The molecule has 8 nitrogen and oxygen atoms in total. The number of benzene rings is 2. The number of ether oxygens (including phenoxy) is 1. The number of para-hydroxylation sites is 1. The van der Waals surface area contributed by atoms with E-state index in [2.05, 4.69) is 0 Å². The topological polar surface area (TPSA) is 90.4 Å². The van der Waals surface area contributed by atoms with E-state index in [-0.39, 0.29) is 6.54 Å². The quantitative estimate of drug-likeness (QED) is 0.845. The van der Waals surface area contributed by atoms with E-state index >= 15 is 0 Å². The first kappa shape index (κ1) is 18.4. The van der Waals surface area contributed by atoms with Gasteiger partial charge >= 0.3 is 6.09 Å². The fraction of sp³-hybridized carbons (Fsp3) is 0.316. The number of anilines is 2. The van der Waals surface area contributed by atoms with Crippen molar-refractivity contribution >= 4 is 27.5 Å². The maximum absolute atomic E-state index is 12.7. The minimum Gasteiger partial charge on any atom is -0.471 e. The van der Waals surface area contributed by atoms with Gasteiger partial charge in [0.1, 0.15) is 0 Å². The third kappa shape index (κ3) is 3.45. The van der Waals surface area contributed by atoms with Gasteiger partial charge in [-0.2, -0.15) is 0 Å². The highest BCUT2D eigenvalue weighted by Crippen LogP contribution is 2.43. The summed E-state index contributed by atoms with van der Waals surface area (Å²) in [4.78, 5) is 14.5. The zero-order chi connectivity index (χ0) is 19.7. The van der Waals surface area contributed by atoms with Gasteiger partial charge in [-0.25, -0.2) is 13.2 Å². The molecule has 0 radical (unpaired) electrons. The summed E-state index contributed by atoms with van der Waals surface area (Å²) in [5.41, 5.74) is 2.18.